The predicted molar refractivity (Wildman–Crippen MR) is 330 cm³/mol. The van der Waals surface area contributed by atoms with E-state index < -0.39 is 26.6 Å². The molecule has 0 aromatic carbocycles. The molecule has 0 fully saturated rings. The number of carbonyl (C=O) groups excluding carboxylic acids is 2. The summed E-state index contributed by atoms with van der Waals surface area (Å²) in [4.78, 5) is 40.0. The van der Waals surface area contributed by atoms with E-state index in [4.69, 9.17) is 13.8 Å². The molecule has 0 bridgehead atoms. The van der Waals surface area contributed by atoms with Crippen molar-refractivity contribution in [2.24, 2.45) is 0 Å². The fourth-order valence-electron chi connectivity index (χ4n) is 9.20. The number of carbonyl (C=O) groups is 2. The molecular weight excluding hydrogens is 976 g/mol. The van der Waals surface area contributed by atoms with Crippen molar-refractivity contribution in [1.82, 2.24) is 5.32 Å². The summed E-state index contributed by atoms with van der Waals surface area (Å²) in [6.45, 7) is 6.74. The number of phosphoric ester groups is 1. The Balaban J connectivity index is 5.17. The minimum atomic E-state index is -4.70. The number of allylic oxidation sites excluding steroid dienone is 11. The van der Waals surface area contributed by atoms with E-state index in [2.05, 4.69) is 86.8 Å². The van der Waals surface area contributed by atoms with Crippen LogP contribution in [0.1, 0.15) is 290 Å². The first-order valence-electron chi connectivity index (χ1n) is 32.2. The molecule has 3 atom stereocenters. The number of hydrogen-bond acceptors (Lipinski definition) is 7. The second-order valence-electron chi connectivity index (χ2n) is 22.9. The van der Waals surface area contributed by atoms with Crippen molar-refractivity contribution in [1.29, 1.82) is 0 Å². The summed E-state index contributed by atoms with van der Waals surface area (Å²) >= 11 is 0. The zero-order valence-electron chi connectivity index (χ0n) is 51.2. The molecular formula is C67H123N2O7P. The van der Waals surface area contributed by atoms with Crippen LogP contribution in [0, 0.1) is 0 Å². The fourth-order valence-corrected chi connectivity index (χ4v) is 9.92. The Hall–Kier alpha value is -2.55. The zero-order valence-corrected chi connectivity index (χ0v) is 52.0. The number of esters is 1. The summed E-state index contributed by atoms with van der Waals surface area (Å²) in [5, 5.41) is 3.03. The Morgan fingerprint density at radius 2 is 0.831 bits per heavy atom. The third-order valence-corrected chi connectivity index (χ3v) is 15.1. The molecule has 0 aliphatic rings. The van der Waals surface area contributed by atoms with E-state index in [9.17, 15) is 19.0 Å². The van der Waals surface area contributed by atoms with Gasteiger partial charge in [0.25, 0.3) is 7.82 Å². The van der Waals surface area contributed by atoms with Gasteiger partial charge < -0.3 is 28.5 Å². The number of rotatable bonds is 58. The predicted octanol–water partition coefficient (Wildman–Crippen LogP) is 19.4. The normalized spacial score (nSPS) is 14.1. The number of hydrogen-bond donors (Lipinski definition) is 1. The highest BCUT2D eigenvalue weighted by Gasteiger charge is 2.27. The van der Waals surface area contributed by atoms with Gasteiger partial charge in [0.2, 0.25) is 5.91 Å². The van der Waals surface area contributed by atoms with E-state index in [0.717, 1.165) is 103 Å². The van der Waals surface area contributed by atoms with Gasteiger partial charge in [-0.2, -0.15) is 0 Å². The first-order chi connectivity index (χ1) is 37.4. The molecule has 9 nitrogen and oxygen atoms in total. The lowest BCUT2D eigenvalue weighted by molar-refractivity contribution is -0.870. The summed E-state index contributed by atoms with van der Waals surface area (Å²) in [7, 11) is 1.18. The van der Waals surface area contributed by atoms with Crippen LogP contribution >= 0.6 is 7.82 Å². The molecule has 3 unspecified atom stereocenters. The Morgan fingerprint density at radius 1 is 0.468 bits per heavy atom. The summed E-state index contributed by atoms with van der Waals surface area (Å²) < 4.78 is 30.3. The monoisotopic (exact) mass is 1100 g/mol. The van der Waals surface area contributed by atoms with Crippen molar-refractivity contribution in [2.75, 3.05) is 40.9 Å². The molecule has 0 rings (SSSR count). The molecule has 0 aliphatic carbocycles. The lowest BCUT2D eigenvalue weighted by Gasteiger charge is -2.30. The Bertz CT molecular complexity index is 1550. The van der Waals surface area contributed by atoms with Gasteiger partial charge in [0.15, 0.2) is 0 Å². The third-order valence-electron chi connectivity index (χ3n) is 14.2. The maximum atomic E-state index is 13.5. The van der Waals surface area contributed by atoms with Crippen LogP contribution < -0.4 is 10.2 Å². The minimum Gasteiger partial charge on any atom is -0.756 e. The third kappa shape index (κ3) is 57.9. The molecule has 0 aromatic heterocycles. The van der Waals surface area contributed by atoms with Crippen molar-refractivity contribution < 1.29 is 37.3 Å². The molecule has 0 aromatic rings. The van der Waals surface area contributed by atoms with Crippen molar-refractivity contribution in [2.45, 2.75) is 303 Å². The molecule has 10 heteroatoms. The number of likely N-dealkylation sites (N-methyl/N-ethyl adjacent to an activating group) is 1. The molecule has 0 spiro atoms. The van der Waals surface area contributed by atoms with Gasteiger partial charge in [0.05, 0.1) is 33.8 Å². The highest BCUT2D eigenvalue weighted by atomic mass is 31.2. The molecule has 77 heavy (non-hydrogen) atoms. The van der Waals surface area contributed by atoms with Gasteiger partial charge in [-0.15, -0.1) is 0 Å². The second kappa shape index (κ2) is 56.7. The number of ether oxygens (including phenoxy) is 1. The molecule has 0 aliphatic heterocycles. The standard InChI is InChI=1S/C67H123N2O7P/c1-7-10-13-16-19-22-25-27-29-31-32-33-34-35-36-38-40-42-45-48-51-54-57-60-67(71)76-65(58-55-52-49-46-43-24-21-18-15-12-9-3)64(63-75-77(72,73)74-62-61-69(4,5)6)68-66(70)59-56-53-50-47-44-41-39-37-30-28-26-23-20-17-14-11-8-2/h10,13,19,22,27,29,32-33,35-36,55,58,64-65H,7-9,11-12,14-18,20-21,23-26,28,30-31,34,37-54,56-57,59-63H2,1-6H3,(H-,68,70,72,73)/b13-10-,22-19-,29-27-,33-32-,36-35-,58-55+. The average molecular weight is 1100 g/mol. The maximum Gasteiger partial charge on any atom is 0.306 e. The summed E-state index contributed by atoms with van der Waals surface area (Å²) in [5.41, 5.74) is 0. The highest BCUT2D eigenvalue weighted by molar-refractivity contribution is 7.45. The van der Waals surface area contributed by atoms with Gasteiger partial charge in [-0.25, -0.2) is 0 Å². The SMILES string of the molecule is CC/C=C\C/C=C\C/C=C\C/C=C\C/C=C\CCCCCCCCCC(=O)OC(/C=C/CCCCCCCCCCC)C(COP(=O)([O-])OCC[N+](C)(C)C)NC(=O)CCCCCCCCCCCCCCCCCCC. The van der Waals surface area contributed by atoms with E-state index in [1.165, 1.54) is 154 Å². The average Bonchev–Trinajstić information content (AvgIpc) is 3.39. The van der Waals surface area contributed by atoms with Gasteiger partial charge in [0.1, 0.15) is 19.3 Å². The van der Waals surface area contributed by atoms with Crippen molar-refractivity contribution in [3.8, 4) is 0 Å². The zero-order chi connectivity index (χ0) is 56.4. The van der Waals surface area contributed by atoms with E-state index in [1.54, 1.807) is 0 Å². The van der Waals surface area contributed by atoms with Gasteiger partial charge in [-0.05, 0) is 76.7 Å². The number of phosphoric acid groups is 1. The Kier molecular flexibility index (Phi) is 54.8. The summed E-state index contributed by atoms with van der Waals surface area (Å²) in [5.74, 6) is -0.547. The minimum absolute atomic E-state index is 0.0250. The molecule has 0 radical (unpaired) electrons. The largest absolute Gasteiger partial charge is 0.756 e. The molecule has 0 saturated heterocycles. The fraction of sp³-hybridized carbons (Fsp3) is 0.791. The Labute approximate surface area is 476 Å². The molecule has 448 valence electrons. The Morgan fingerprint density at radius 3 is 1.25 bits per heavy atom. The van der Waals surface area contributed by atoms with Crippen molar-refractivity contribution >= 4 is 19.7 Å². The van der Waals surface area contributed by atoms with E-state index in [0.29, 0.717) is 17.4 Å². The number of unbranched alkanes of at least 4 members (excludes halogenated alkanes) is 32. The number of nitrogens with one attached hydrogen (secondary N) is 1. The quantitative estimate of drug-likeness (QED) is 0.0212. The lowest BCUT2D eigenvalue weighted by Crippen LogP contribution is -2.47. The van der Waals surface area contributed by atoms with E-state index >= 15 is 0 Å². The molecule has 0 heterocycles. The maximum absolute atomic E-state index is 13.5. The van der Waals surface area contributed by atoms with Crippen molar-refractivity contribution in [3.63, 3.8) is 0 Å². The smallest absolute Gasteiger partial charge is 0.306 e. The first kappa shape index (κ1) is 74.5. The van der Waals surface area contributed by atoms with Crippen LogP contribution in [0.25, 0.3) is 0 Å². The topological polar surface area (TPSA) is 114 Å². The number of nitrogens with zero attached hydrogens (tertiary/aromatic N) is 1. The van der Waals surface area contributed by atoms with E-state index in [1.807, 2.05) is 33.3 Å². The molecule has 1 amide bonds. The van der Waals surface area contributed by atoms with Gasteiger partial charge in [-0.1, -0.05) is 274 Å². The van der Waals surface area contributed by atoms with Gasteiger partial charge in [-0.3, -0.25) is 14.2 Å². The van der Waals surface area contributed by atoms with Crippen LogP contribution in [-0.2, 0) is 27.9 Å². The van der Waals surface area contributed by atoms with Crippen LogP contribution in [0.15, 0.2) is 72.9 Å². The van der Waals surface area contributed by atoms with E-state index in [-0.39, 0.29) is 24.9 Å². The van der Waals surface area contributed by atoms with Crippen LogP contribution in [-0.4, -0.2) is 69.4 Å². The summed E-state index contributed by atoms with van der Waals surface area (Å²) in [6.07, 6.45) is 73.0. The van der Waals surface area contributed by atoms with Crippen LogP contribution in [0.2, 0.25) is 0 Å². The summed E-state index contributed by atoms with van der Waals surface area (Å²) in [6, 6.07) is -0.893. The first-order valence-corrected chi connectivity index (χ1v) is 33.7. The lowest BCUT2D eigenvalue weighted by atomic mass is 10.0. The van der Waals surface area contributed by atoms with Crippen LogP contribution in [0.3, 0.4) is 0 Å². The van der Waals surface area contributed by atoms with Crippen LogP contribution in [0.4, 0.5) is 0 Å². The highest BCUT2D eigenvalue weighted by Crippen LogP contribution is 2.38. The van der Waals surface area contributed by atoms with Gasteiger partial charge in [0, 0.05) is 12.8 Å². The van der Waals surface area contributed by atoms with Crippen LogP contribution in [0.5, 0.6) is 0 Å². The number of amides is 1. The molecule has 0 saturated carbocycles. The van der Waals surface area contributed by atoms with Crippen molar-refractivity contribution in [3.05, 3.63) is 72.9 Å². The van der Waals surface area contributed by atoms with Gasteiger partial charge >= 0.3 is 5.97 Å². The number of quaternary nitrogens is 1. The molecule has 1 N–H and O–H groups in total. The second-order valence-corrected chi connectivity index (χ2v) is 24.3.